The van der Waals surface area contributed by atoms with E-state index in [-0.39, 0.29) is 23.7 Å². The Hall–Kier alpha value is -2.29. The van der Waals surface area contributed by atoms with Crippen LogP contribution in [0.25, 0.3) is 0 Å². The Labute approximate surface area is 184 Å². The van der Waals surface area contributed by atoms with Gasteiger partial charge in [0.25, 0.3) is 11.8 Å². The lowest BCUT2D eigenvalue weighted by molar-refractivity contribution is -1.01. The number of rotatable bonds is 6. The van der Waals surface area contributed by atoms with E-state index >= 15 is 0 Å². The summed E-state index contributed by atoms with van der Waals surface area (Å²) in [5.74, 6) is -0.423. The van der Waals surface area contributed by atoms with E-state index in [1.54, 1.807) is 12.1 Å². The van der Waals surface area contributed by atoms with Crippen molar-refractivity contribution in [1.82, 2.24) is 0 Å². The zero-order chi connectivity index (χ0) is 21.7. The number of hydrogen-bond donors (Lipinski definition) is 4. The third kappa shape index (κ3) is 6.10. The molecular weight excluding hydrogens is 451 g/mol. The molecule has 3 rings (SSSR count). The van der Waals surface area contributed by atoms with Crippen molar-refractivity contribution in [3.05, 3.63) is 58.3 Å². The highest BCUT2D eigenvalue weighted by atomic mass is 79.9. The topological polar surface area (TPSA) is 67.1 Å². The molecule has 2 aromatic rings. The number of anilines is 2. The Morgan fingerprint density at radius 2 is 1.73 bits per heavy atom. The fourth-order valence-electron chi connectivity index (χ4n) is 3.65. The van der Waals surface area contributed by atoms with E-state index in [2.05, 4.69) is 26.6 Å². The number of carbonyl (C=O) groups is 2. The molecule has 8 heteroatoms. The van der Waals surface area contributed by atoms with Crippen LogP contribution in [0, 0.1) is 12.7 Å². The summed E-state index contributed by atoms with van der Waals surface area (Å²) in [5, 5.41) is 5.81. The largest absolute Gasteiger partial charge is 0.321 e. The van der Waals surface area contributed by atoms with Crippen LogP contribution < -0.4 is 20.4 Å². The molecule has 1 fully saturated rings. The monoisotopic (exact) mass is 478 g/mol. The molecule has 0 radical (unpaired) electrons. The Morgan fingerprint density at radius 1 is 1.07 bits per heavy atom. The molecule has 1 heterocycles. The molecule has 30 heavy (non-hydrogen) atoms. The summed E-state index contributed by atoms with van der Waals surface area (Å²) >= 11 is 3.50. The molecule has 0 aliphatic carbocycles. The van der Waals surface area contributed by atoms with Crippen molar-refractivity contribution in [1.29, 1.82) is 0 Å². The molecule has 1 aliphatic rings. The molecule has 1 atom stereocenters. The van der Waals surface area contributed by atoms with E-state index < -0.39 is 0 Å². The SMILES string of the molecule is Cc1ccc(NC(=O)C(C)[NH+]2CC[NH+](CC(=O)Nc3ccc(F)cc3)CC2)c(Br)c1. The Bertz CT molecular complexity index is 899. The van der Waals surface area contributed by atoms with Gasteiger partial charge in [0.05, 0.1) is 5.69 Å². The van der Waals surface area contributed by atoms with Crippen molar-refractivity contribution in [2.24, 2.45) is 0 Å². The lowest BCUT2D eigenvalue weighted by atomic mass is 10.2. The van der Waals surface area contributed by atoms with Crippen LogP contribution in [0.3, 0.4) is 0 Å². The molecule has 160 valence electrons. The lowest BCUT2D eigenvalue weighted by Gasteiger charge is -2.32. The second-order valence-corrected chi connectivity index (χ2v) is 8.69. The molecule has 0 aromatic heterocycles. The van der Waals surface area contributed by atoms with Crippen LogP contribution in [0.2, 0.25) is 0 Å². The van der Waals surface area contributed by atoms with Gasteiger partial charge in [-0.3, -0.25) is 9.59 Å². The molecule has 1 unspecified atom stereocenters. The Balaban J connectivity index is 1.45. The first kappa shape index (κ1) is 22.4. The van der Waals surface area contributed by atoms with E-state index in [0.29, 0.717) is 12.2 Å². The highest BCUT2D eigenvalue weighted by molar-refractivity contribution is 9.10. The first-order valence-corrected chi connectivity index (χ1v) is 10.9. The van der Waals surface area contributed by atoms with Crippen LogP contribution >= 0.6 is 15.9 Å². The standard InChI is InChI=1S/C22H26BrFN4O2/c1-15-3-8-20(19(23)13-15)26-22(30)16(2)28-11-9-27(10-12-28)14-21(29)25-18-6-4-17(24)5-7-18/h3-8,13,16H,9-12,14H2,1-2H3,(H,25,29)(H,26,30)/p+2. The number of amides is 2. The fraction of sp³-hybridized carbons (Fsp3) is 0.364. The number of carbonyl (C=O) groups excluding carboxylic acids is 2. The van der Waals surface area contributed by atoms with Gasteiger partial charge in [0, 0.05) is 10.2 Å². The van der Waals surface area contributed by atoms with Crippen LogP contribution in [-0.2, 0) is 9.59 Å². The average molecular weight is 479 g/mol. The van der Waals surface area contributed by atoms with Gasteiger partial charge in [-0.1, -0.05) is 6.07 Å². The number of benzene rings is 2. The summed E-state index contributed by atoms with van der Waals surface area (Å²) in [6, 6.07) is 11.4. The maximum atomic E-state index is 13.0. The van der Waals surface area contributed by atoms with E-state index in [1.165, 1.54) is 21.9 Å². The summed E-state index contributed by atoms with van der Waals surface area (Å²) in [5.41, 5.74) is 2.50. The van der Waals surface area contributed by atoms with E-state index in [9.17, 15) is 14.0 Å². The van der Waals surface area contributed by atoms with Gasteiger partial charge in [-0.2, -0.15) is 0 Å². The third-order valence-corrected chi connectivity index (χ3v) is 6.18. The van der Waals surface area contributed by atoms with Gasteiger partial charge in [-0.05, 0) is 71.7 Å². The van der Waals surface area contributed by atoms with Crippen LogP contribution in [0.15, 0.2) is 46.9 Å². The normalized spacial score (nSPS) is 19.7. The molecule has 1 saturated heterocycles. The van der Waals surface area contributed by atoms with Crippen molar-refractivity contribution < 1.29 is 23.8 Å². The van der Waals surface area contributed by atoms with Gasteiger partial charge in [0.2, 0.25) is 0 Å². The first-order chi connectivity index (χ1) is 14.3. The Kier molecular flexibility index (Phi) is 7.58. The van der Waals surface area contributed by atoms with Gasteiger partial charge < -0.3 is 20.4 Å². The number of aryl methyl sites for hydroxylation is 1. The molecule has 0 spiro atoms. The maximum absolute atomic E-state index is 13.0. The first-order valence-electron chi connectivity index (χ1n) is 10.1. The molecule has 4 N–H and O–H groups in total. The van der Waals surface area contributed by atoms with Crippen molar-refractivity contribution in [3.8, 4) is 0 Å². The second-order valence-electron chi connectivity index (χ2n) is 7.83. The smallest absolute Gasteiger partial charge is 0.282 e. The number of nitrogens with one attached hydrogen (secondary N) is 4. The van der Waals surface area contributed by atoms with Crippen molar-refractivity contribution in [2.75, 3.05) is 43.4 Å². The minimum absolute atomic E-state index is 0.00736. The number of hydrogen-bond acceptors (Lipinski definition) is 2. The third-order valence-electron chi connectivity index (χ3n) is 5.53. The number of quaternary nitrogens is 2. The van der Waals surface area contributed by atoms with Crippen molar-refractivity contribution >= 4 is 39.1 Å². The number of halogens is 2. The minimum Gasteiger partial charge on any atom is -0.321 e. The predicted octanol–water partition coefficient (Wildman–Crippen LogP) is 0.646. The van der Waals surface area contributed by atoms with Gasteiger partial charge in [0.15, 0.2) is 12.6 Å². The molecule has 6 nitrogen and oxygen atoms in total. The maximum Gasteiger partial charge on any atom is 0.282 e. The van der Waals surface area contributed by atoms with E-state index in [0.717, 1.165) is 41.9 Å². The van der Waals surface area contributed by atoms with Crippen LogP contribution in [-0.4, -0.2) is 50.6 Å². The summed E-state index contributed by atoms with van der Waals surface area (Å²) in [6.45, 7) is 7.59. The molecule has 1 aliphatic heterocycles. The Morgan fingerprint density at radius 3 is 2.37 bits per heavy atom. The summed E-state index contributed by atoms with van der Waals surface area (Å²) in [6.07, 6.45) is 0. The zero-order valence-corrected chi connectivity index (χ0v) is 18.8. The van der Waals surface area contributed by atoms with Gasteiger partial charge in [-0.25, -0.2) is 4.39 Å². The van der Waals surface area contributed by atoms with E-state index in [1.807, 2.05) is 32.0 Å². The highest BCUT2D eigenvalue weighted by Gasteiger charge is 2.32. The minimum atomic E-state index is -0.328. The summed E-state index contributed by atoms with van der Waals surface area (Å²) < 4.78 is 13.8. The molecule has 0 bridgehead atoms. The molecule has 2 aromatic carbocycles. The van der Waals surface area contributed by atoms with Crippen LogP contribution in [0.5, 0.6) is 0 Å². The lowest BCUT2D eigenvalue weighted by Crippen LogP contribution is -3.30. The highest BCUT2D eigenvalue weighted by Crippen LogP contribution is 2.23. The summed E-state index contributed by atoms with van der Waals surface area (Å²) in [7, 11) is 0. The van der Waals surface area contributed by atoms with E-state index in [4.69, 9.17) is 0 Å². The fourth-order valence-corrected chi connectivity index (χ4v) is 4.24. The van der Waals surface area contributed by atoms with Crippen LogP contribution in [0.1, 0.15) is 12.5 Å². The van der Waals surface area contributed by atoms with Gasteiger partial charge in [-0.15, -0.1) is 0 Å². The van der Waals surface area contributed by atoms with Gasteiger partial charge >= 0.3 is 0 Å². The molecule has 0 saturated carbocycles. The van der Waals surface area contributed by atoms with Crippen LogP contribution in [0.4, 0.5) is 15.8 Å². The second kappa shape index (κ2) is 10.1. The predicted molar refractivity (Wildman–Crippen MR) is 118 cm³/mol. The van der Waals surface area contributed by atoms with Gasteiger partial charge in [0.1, 0.15) is 32.0 Å². The van der Waals surface area contributed by atoms with Crippen molar-refractivity contribution in [2.45, 2.75) is 19.9 Å². The number of piperazine rings is 1. The molecular formula is C22H28BrFN4O2+2. The van der Waals surface area contributed by atoms with Crippen molar-refractivity contribution in [3.63, 3.8) is 0 Å². The molecule has 2 amide bonds. The average Bonchev–Trinajstić information content (AvgIpc) is 2.71. The zero-order valence-electron chi connectivity index (χ0n) is 17.2. The summed E-state index contributed by atoms with van der Waals surface area (Å²) in [4.78, 5) is 27.3. The quantitative estimate of drug-likeness (QED) is 0.492.